The number of amides is 4. The molecule has 0 saturated carbocycles. The van der Waals surface area contributed by atoms with Gasteiger partial charge in [-0.15, -0.1) is 0 Å². The number of halogens is 2. The molecule has 0 unspecified atom stereocenters. The molecule has 1 aliphatic heterocycles. The zero-order valence-electron chi connectivity index (χ0n) is 19.3. The summed E-state index contributed by atoms with van der Waals surface area (Å²) in [5, 5.41) is 3.69. The summed E-state index contributed by atoms with van der Waals surface area (Å²) in [5.41, 5.74) is 1.40. The van der Waals surface area contributed by atoms with E-state index in [9.17, 15) is 19.2 Å². The van der Waals surface area contributed by atoms with E-state index in [-0.39, 0.29) is 55.6 Å². The largest absolute Gasteiger partial charge is 0.352 e. The maximum Gasteiger partial charge on any atom is 0.261 e. The number of carbonyl (C=O) groups is 4. The summed E-state index contributed by atoms with van der Waals surface area (Å²) >= 11 is 12.3. The van der Waals surface area contributed by atoms with Gasteiger partial charge in [-0.3, -0.25) is 24.1 Å². The second-order valence-corrected chi connectivity index (χ2v) is 9.35. The molecule has 0 aliphatic carbocycles. The summed E-state index contributed by atoms with van der Waals surface area (Å²) in [6, 6.07) is 10.8. The average molecular weight is 504 g/mol. The van der Waals surface area contributed by atoms with Crippen LogP contribution in [0.25, 0.3) is 0 Å². The Balaban J connectivity index is 1.70. The number of nitrogens with one attached hydrogen (secondary N) is 1. The molecule has 0 fully saturated rings. The standard InChI is InChI=1S/C25H27Cl2N3O4/c1-15(2)28-23(32)16(3)30(14-17-10-11-18(26)13-21(17)27)22(31)9-6-12-29-24(33)19-7-4-5-8-20(19)25(29)34/h4-5,7-8,10-11,13,15-16H,6,9,12,14H2,1-3H3,(H,28,32)/t16-/m0/s1. The van der Waals surface area contributed by atoms with E-state index in [1.54, 1.807) is 49.4 Å². The number of hydrogen-bond acceptors (Lipinski definition) is 4. The van der Waals surface area contributed by atoms with Crippen molar-refractivity contribution in [2.24, 2.45) is 0 Å². The van der Waals surface area contributed by atoms with E-state index in [0.29, 0.717) is 26.7 Å². The molecule has 1 atom stereocenters. The second-order valence-electron chi connectivity index (χ2n) is 8.51. The minimum atomic E-state index is -0.749. The number of hydrogen-bond donors (Lipinski definition) is 1. The first-order valence-electron chi connectivity index (χ1n) is 11.1. The summed E-state index contributed by atoms with van der Waals surface area (Å²) in [7, 11) is 0. The molecule has 2 aromatic carbocycles. The third-order valence-electron chi connectivity index (χ3n) is 5.60. The lowest BCUT2D eigenvalue weighted by atomic mass is 10.1. The fourth-order valence-corrected chi connectivity index (χ4v) is 4.26. The Morgan fingerprint density at radius 3 is 2.18 bits per heavy atom. The van der Waals surface area contributed by atoms with Crippen molar-refractivity contribution >= 4 is 46.8 Å². The highest BCUT2D eigenvalue weighted by Gasteiger charge is 2.35. The van der Waals surface area contributed by atoms with E-state index >= 15 is 0 Å². The minimum absolute atomic E-state index is 0.0535. The molecule has 0 bridgehead atoms. The van der Waals surface area contributed by atoms with Gasteiger partial charge in [0, 0.05) is 35.6 Å². The van der Waals surface area contributed by atoms with Crippen LogP contribution in [0.3, 0.4) is 0 Å². The van der Waals surface area contributed by atoms with E-state index in [2.05, 4.69) is 5.32 Å². The third kappa shape index (κ3) is 5.77. The lowest BCUT2D eigenvalue weighted by Crippen LogP contribution is -2.49. The van der Waals surface area contributed by atoms with Crippen LogP contribution in [-0.2, 0) is 16.1 Å². The fourth-order valence-electron chi connectivity index (χ4n) is 3.80. The van der Waals surface area contributed by atoms with Gasteiger partial charge in [0.25, 0.3) is 11.8 Å². The Kier molecular flexibility index (Phi) is 8.33. The summed E-state index contributed by atoms with van der Waals surface area (Å²) in [4.78, 5) is 53.6. The lowest BCUT2D eigenvalue weighted by Gasteiger charge is -2.30. The van der Waals surface area contributed by atoms with Gasteiger partial charge in [0.2, 0.25) is 11.8 Å². The van der Waals surface area contributed by atoms with Crippen molar-refractivity contribution in [1.82, 2.24) is 15.1 Å². The molecule has 1 N–H and O–H groups in total. The maximum atomic E-state index is 13.2. The molecule has 3 rings (SSSR count). The Bertz CT molecular complexity index is 1080. The summed E-state index contributed by atoms with van der Waals surface area (Å²) in [5.74, 6) is -1.28. The van der Waals surface area contributed by atoms with Crippen LogP contribution in [0.4, 0.5) is 0 Å². The number of nitrogens with zero attached hydrogens (tertiary/aromatic N) is 2. The van der Waals surface area contributed by atoms with Crippen LogP contribution >= 0.6 is 23.2 Å². The van der Waals surface area contributed by atoms with Crippen molar-refractivity contribution in [2.75, 3.05) is 6.54 Å². The first kappa shape index (κ1) is 25.7. The number of benzene rings is 2. The highest BCUT2D eigenvalue weighted by atomic mass is 35.5. The Morgan fingerprint density at radius 1 is 1.00 bits per heavy atom. The van der Waals surface area contributed by atoms with Crippen molar-refractivity contribution in [2.45, 2.75) is 52.2 Å². The molecular weight excluding hydrogens is 477 g/mol. The van der Waals surface area contributed by atoms with Gasteiger partial charge in [0.15, 0.2) is 0 Å². The Morgan fingerprint density at radius 2 is 1.62 bits per heavy atom. The maximum absolute atomic E-state index is 13.2. The highest BCUT2D eigenvalue weighted by molar-refractivity contribution is 6.35. The lowest BCUT2D eigenvalue weighted by molar-refractivity contribution is -0.140. The van der Waals surface area contributed by atoms with Gasteiger partial charge in [-0.1, -0.05) is 41.4 Å². The molecule has 7 nitrogen and oxygen atoms in total. The molecule has 4 amide bonds. The van der Waals surface area contributed by atoms with Crippen LogP contribution in [0.1, 0.15) is 59.9 Å². The molecular formula is C25H27Cl2N3O4. The van der Waals surface area contributed by atoms with Crippen molar-refractivity contribution in [3.63, 3.8) is 0 Å². The van der Waals surface area contributed by atoms with Crippen molar-refractivity contribution < 1.29 is 19.2 Å². The van der Waals surface area contributed by atoms with E-state index in [0.717, 1.165) is 4.90 Å². The molecule has 9 heteroatoms. The third-order valence-corrected chi connectivity index (χ3v) is 6.19. The smallest absolute Gasteiger partial charge is 0.261 e. The van der Waals surface area contributed by atoms with Gasteiger partial charge in [-0.25, -0.2) is 0 Å². The zero-order valence-corrected chi connectivity index (χ0v) is 20.8. The minimum Gasteiger partial charge on any atom is -0.352 e. The van der Waals surface area contributed by atoms with Gasteiger partial charge >= 0.3 is 0 Å². The van der Waals surface area contributed by atoms with E-state index in [1.165, 1.54) is 4.90 Å². The van der Waals surface area contributed by atoms with E-state index in [4.69, 9.17) is 23.2 Å². The number of carbonyl (C=O) groups excluding carboxylic acids is 4. The Labute approximate surface area is 209 Å². The molecule has 1 aliphatic rings. The monoisotopic (exact) mass is 503 g/mol. The van der Waals surface area contributed by atoms with Crippen molar-refractivity contribution in [1.29, 1.82) is 0 Å². The van der Waals surface area contributed by atoms with Gasteiger partial charge in [-0.05, 0) is 57.0 Å². The van der Waals surface area contributed by atoms with Gasteiger partial charge in [0.05, 0.1) is 11.1 Å². The number of imide groups is 1. The molecule has 34 heavy (non-hydrogen) atoms. The topological polar surface area (TPSA) is 86.8 Å². The first-order valence-corrected chi connectivity index (χ1v) is 11.8. The highest BCUT2D eigenvalue weighted by Crippen LogP contribution is 2.25. The van der Waals surface area contributed by atoms with Gasteiger partial charge in [-0.2, -0.15) is 0 Å². The molecule has 2 aromatic rings. The summed E-state index contributed by atoms with van der Waals surface area (Å²) < 4.78 is 0. The zero-order chi connectivity index (χ0) is 25.0. The summed E-state index contributed by atoms with van der Waals surface area (Å²) in [6.07, 6.45) is 0.325. The molecule has 0 spiro atoms. The van der Waals surface area contributed by atoms with Crippen molar-refractivity contribution in [3.05, 3.63) is 69.2 Å². The van der Waals surface area contributed by atoms with Crippen LogP contribution in [-0.4, -0.2) is 52.1 Å². The van der Waals surface area contributed by atoms with Gasteiger partial charge in [0.1, 0.15) is 6.04 Å². The Hall–Kier alpha value is -2.90. The van der Waals surface area contributed by atoms with Crippen LogP contribution in [0.2, 0.25) is 10.0 Å². The van der Waals surface area contributed by atoms with Crippen LogP contribution in [0.15, 0.2) is 42.5 Å². The normalized spacial score (nSPS) is 13.8. The first-order chi connectivity index (χ1) is 16.1. The average Bonchev–Trinajstić information content (AvgIpc) is 3.02. The number of fused-ring (bicyclic) bond motifs is 1. The van der Waals surface area contributed by atoms with Crippen LogP contribution in [0, 0.1) is 0 Å². The molecule has 180 valence electrons. The molecule has 0 saturated heterocycles. The molecule has 0 aromatic heterocycles. The quantitative estimate of drug-likeness (QED) is 0.516. The van der Waals surface area contributed by atoms with Crippen LogP contribution < -0.4 is 5.32 Å². The van der Waals surface area contributed by atoms with Gasteiger partial charge < -0.3 is 10.2 Å². The number of rotatable bonds is 9. The molecule has 1 heterocycles. The predicted octanol–water partition coefficient (Wildman–Crippen LogP) is 4.31. The summed E-state index contributed by atoms with van der Waals surface area (Å²) in [6.45, 7) is 5.57. The van der Waals surface area contributed by atoms with Crippen molar-refractivity contribution in [3.8, 4) is 0 Å². The predicted molar refractivity (Wildman–Crippen MR) is 131 cm³/mol. The van der Waals surface area contributed by atoms with E-state index < -0.39 is 6.04 Å². The second kappa shape index (κ2) is 11.0. The van der Waals surface area contributed by atoms with Crippen LogP contribution in [0.5, 0.6) is 0 Å². The SMILES string of the molecule is CC(C)NC(=O)[C@H](C)N(Cc1ccc(Cl)cc1Cl)C(=O)CCCN1C(=O)c2ccccc2C1=O. The van der Waals surface area contributed by atoms with E-state index in [1.807, 2.05) is 13.8 Å². The molecule has 0 radical (unpaired) electrons. The fraction of sp³-hybridized carbons (Fsp3) is 0.360.